The van der Waals surface area contributed by atoms with E-state index < -0.39 is 0 Å². The SMILES string of the molecule is COc1ccc2c(c1)[nH]c(=O)n2CC1CCCCN1C(C)C. The predicted molar refractivity (Wildman–Crippen MR) is 88.6 cm³/mol. The van der Waals surface area contributed by atoms with Crippen LogP contribution in [0.4, 0.5) is 0 Å². The number of aromatic amines is 1. The van der Waals surface area contributed by atoms with Gasteiger partial charge in [0.1, 0.15) is 5.75 Å². The van der Waals surface area contributed by atoms with E-state index in [0.717, 1.165) is 36.3 Å². The van der Waals surface area contributed by atoms with Gasteiger partial charge in [0.05, 0.1) is 18.1 Å². The average Bonchev–Trinajstić information content (AvgIpc) is 2.82. The zero-order valence-electron chi connectivity index (χ0n) is 13.6. The molecule has 1 atom stereocenters. The number of likely N-dealkylation sites (tertiary alicyclic amines) is 1. The molecule has 1 unspecified atom stereocenters. The monoisotopic (exact) mass is 303 g/mol. The van der Waals surface area contributed by atoms with Crippen molar-refractivity contribution in [3.8, 4) is 5.75 Å². The van der Waals surface area contributed by atoms with Crippen molar-refractivity contribution in [3.05, 3.63) is 28.7 Å². The molecule has 0 bridgehead atoms. The number of methoxy groups -OCH3 is 1. The lowest BCUT2D eigenvalue weighted by Gasteiger charge is -2.38. The molecule has 0 aliphatic carbocycles. The van der Waals surface area contributed by atoms with Crippen molar-refractivity contribution >= 4 is 11.0 Å². The van der Waals surface area contributed by atoms with Gasteiger partial charge in [0.2, 0.25) is 0 Å². The fourth-order valence-electron chi connectivity index (χ4n) is 3.56. The van der Waals surface area contributed by atoms with Crippen LogP contribution in [0.15, 0.2) is 23.0 Å². The molecule has 1 aromatic carbocycles. The number of rotatable bonds is 4. The molecule has 1 aliphatic heterocycles. The molecule has 3 rings (SSSR count). The van der Waals surface area contributed by atoms with Crippen molar-refractivity contribution < 1.29 is 4.74 Å². The van der Waals surface area contributed by atoms with Gasteiger partial charge in [0.15, 0.2) is 0 Å². The van der Waals surface area contributed by atoms with Gasteiger partial charge >= 0.3 is 5.69 Å². The topological polar surface area (TPSA) is 50.3 Å². The van der Waals surface area contributed by atoms with Gasteiger partial charge in [0, 0.05) is 24.7 Å². The normalized spacial score (nSPS) is 19.9. The van der Waals surface area contributed by atoms with Crippen LogP contribution in [-0.4, -0.2) is 40.2 Å². The van der Waals surface area contributed by atoms with Gasteiger partial charge < -0.3 is 9.72 Å². The van der Waals surface area contributed by atoms with E-state index in [-0.39, 0.29) is 5.69 Å². The molecule has 1 N–H and O–H groups in total. The van der Waals surface area contributed by atoms with E-state index in [9.17, 15) is 4.79 Å². The van der Waals surface area contributed by atoms with E-state index in [1.807, 2.05) is 22.8 Å². The van der Waals surface area contributed by atoms with Crippen LogP contribution in [-0.2, 0) is 6.54 Å². The molecule has 1 fully saturated rings. The second-order valence-corrected chi connectivity index (χ2v) is 6.41. The summed E-state index contributed by atoms with van der Waals surface area (Å²) in [7, 11) is 1.64. The van der Waals surface area contributed by atoms with E-state index >= 15 is 0 Å². The molecule has 5 nitrogen and oxygen atoms in total. The maximum atomic E-state index is 12.3. The van der Waals surface area contributed by atoms with Crippen LogP contribution in [0.3, 0.4) is 0 Å². The molecule has 5 heteroatoms. The molecule has 2 aromatic rings. The van der Waals surface area contributed by atoms with E-state index in [2.05, 4.69) is 23.7 Å². The minimum absolute atomic E-state index is 0.0301. The van der Waals surface area contributed by atoms with Crippen LogP contribution in [0.2, 0.25) is 0 Å². The third kappa shape index (κ3) is 2.77. The van der Waals surface area contributed by atoms with Crippen LogP contribution >= 0.6 is 0 Å². The minimum Gasteiger partial charge on any atom is -0.497 e. The summed E-state index contributed by atoms with van der Waals surface area (Å²) in [6, 6.07) is 6.72. The molecule has 2 heterocycles. The molecule has 0 amide bonds. The van der Waals surface area contributed by atoms with Crippen LogP contribution in [0.5, 0.6) is 5.75 Å². The van der Waals surface area contributed by atoms with E-state index in [1.165, 1.54) is 12.8 Å². The van der Waals surface area contributed by atoms with Crippen LogP contribution in [0.25, 0.3) is 11.0 Å². The number of ether oxygens (including phenoxy) is 1. The number of nitrogens with one attached hydrogen (secondary N) is 1. The zero-order valence-corrected chi connectivity index (χ0v) is 13.6. The van der Waals surface area contributed by atoms with Gasteiger partial charge in [-0.3, -0.25) is 9.47 Å². The smallest absolute Gasteiger partial charge is 0.326 e. The number of H-pyrrole nitrogens is 1. The molecule has 0 spiro atoms. The largest absolute Gasteiger partial charge is 0.497 e. The Morgan fingerprint density at radius 2 is 2.18 bits per heavy atom. The number of benzene rings is 1. The highest BCUT2D eigenvalue weighted by Gasteiger charge is 2.25. The van der Waals surface area contributed by atoms with E-state index in [1.54, 1.807) is 7.11 Å². The Morgan fingerprint density at radius 3 is 2.91 bits per heavy atom. The van der Waals surface area contributed by atoms with Crippen molar-refractivity contribution in [2.45, 2.75) is 51.7 Å². The van der Waals surface area contributed by atoms with Gasteiger partial charge in [-0.25, -0.2) is 4.79 Å². The third-order valence-electron chi connectivity index (χ3n) is 4.71. The summed E-state index contributed by atoms with van der Waals surface area (Å²) in [5.74, 6) is 0.766. The number of hydrogen-bond donors (Lipinski definition) is 1. The Kier molecular flexibility index (Phi) is 4.25. The van der Waals surface area contributed by atoms with Crippen LogP contribution in [0, 0.1) is 0 Å². The van der Waals surface area contributed by atoms with Gasteiger partial charge in [-0.15, -0.1) is 0 Å². The Balaban J connectivity index is 1.92. The zero-order chi connectivity index (χ0) is 15.7. The number of fused-ring (bicyclic) bond motifs is 1. The predicted octanol–water partition coefficient (Wildman–Crippen LogP) is 2.60. The number of hydrogen-bond acceptors (Lipinski definition) is 3. The summed E-state index contributed by atoms with van der Waals surface area (Å²) in [6.45, 7) is 6.36. The summed E-state index contributed by atoms with van der Waals surface area (Å²) in [5, 5.41) is 0. The highest BCUT2D eigenvalue weighted by molar-refractivity contribution is 5.77. The minimum atomic E-state index is -0.0301. The Bertz CT molecular complexity index is 701. The first-order valence-corrected chi connectivity index (χ1v) is 8.12. The fourth-order valence-corrected chi connectivity index (χ4v) is 3.56. The first kappa shape index (κ1) is 15.2. The Labute approximate surface area is 130 Å². The maximum Gasteiger partial charge on any atom is 0.326 e. The standard InChI is InChI=1S/C17H25N3O2/c1-12(2)19-9-5-4-6-13(19)11-20-16-8-7-14(22-3)10-15(16)18-17(20)21/h7-8,10,12-13H,4-6,9,11H2,1-3H3,(H,18,21). The first-order chi connectivity index (χ1) is 10.6. The number of imidazole rings is 1. The second-order valence-electron chi connectivity index (χ2n) is 6.41. The summed E-state index contributed by atoms with van der Waals surface area (Å²) >= 11 is 0. The summed E-state index contributed by atoms with van der Waals surface area (Å²) in [4.78, 5) is 17.8. The average molecular weight is 303 g/mol. The van der Waals surface area contributed by atoms with Crippen molar-refractivity contribution in [2.24, 2.45) is 0 Å². The summed E-state index contributed by atoms with van der Waals surface area (Å²) in [5.41, 5.74) is 1.77. The number of piperidine rings is 1. The quantitative estimate of drug-likeness (QED) is 0.944. The molecule has 0 radical (unpaired) electrons. The second kappa shape index (κ2) is 6.16. The van der Waals surface area contributed by atoms with Crippen molar-refractivity contribution in [1.29, 1.82) is 0 Å². The lowest BCUT2D eigenvalue weighted by molar-refractivity contribution is 0.0993. The van der Waals surface area contributed by atoms with E-state index in [4.69, 9.17) is 4.74 Å². The first-order valence-electron chi connectivity index (χ1n) is 8.12. The lowest BCUT2D eigenvalue weighted by atomic mass is 10.0. The summed E-state index contributed by atoms with van der Waals surface area (Å²) < 4.78 is 7.11. The molecule has 1 aromatic heterocycles. The third-order valence-corrected chi connectivity index (χ3v) is 4.71. The van der Waals surface area contributed by atoms with Gasteiger partial charge in [0.25, 0.3) is 0 Å². The Hall–Kier alpha value is -1.75. The van der Waals surface area contributed by atoms with Crippen LogP contribution in [0.1, 0.15) is 33.1 Å². The summed E-state index contributed by atoms with van der Waals surface area (Å²) in [6.07, 6.45) is 3.67. The number of nitrogens with zero attached hydrogens (tertiary/aromatic N) is 2. The van der Waals surface area contributed by atoms with Gasteiger partial charge in [-0.05, 0) is 45.4 Å². The van der Waals surface area contributed by atoms with Crippen molar-refractivity contribution in [2.75, 3.05) is 13.7 Å². The van der Waals surface area contributed by atoms with Crippen molar-refractivity contribution in [3.63, 3.8) is 0 Å². The Morgan fingerprint density at radius 1 is 1.36 bits per heavy atom. The van der Waals surface area contributed by atoms with Crippen LogP contribution < -0.4 is 10.4 Å². The highest BCUT2D eigenvalue weighted by Crippen LogP contribution is 2.23. The number of aromatic nitrogens is 2. The van der Waals surface area contributed by atoms with E-state index in [0.29, 0.717) is 12.1 Å². The molecular formula is C17H25N3O2. The molecule has 0 saturated carbocycles. The molecule has 1 aliphatic rings. The molecule has 120 valence electrons. The van der Waals surface area contributed by atoms with Crippen molar-refractivity contribution in [1.82, 2.24) is 14.5 Å². The molecular weight excluding hydrogens is 278 g/mol. The molecule has 22 heavy (non-hydrogen) atoms. The maximum absolute atomic E-state index is 12.3. The fraction of sp³-hybridized carbons (Fsp3) is 0.588. The van der Waals surface area contributed by atoms with Gasteiger partial charge in [-0.2, -0.15) is 0 Å². The highest BCUT2D eigenvalue weighted by atomic mass is 16.5. The molecule has 1 saturated heterocycles. The lowest BCUT2D eigenvalue weighted by Crippen LogP contribution is -2.46. The van der Waals surface area contributed by atoms with Gasteiger partial charge in [-0.1, -0.05) is 6.42 Å².